The van der Waals surface area contributed by atoms with E-state index in [1.807, 2.05) is 6.07 Å². The number of nitrogens with zero attached hydrogens (tertiary/aromatic N) is 2. The van der Waals surface area contributed by atoms with Gasteiger partial charge in [-0.1, -0.05) is 18.2 Å². The van der Waals surface area contributed by atoms with Crippen molar-refractivity contribution >= 4 is 17.4 Å². The molecule has 39 heavy (non-hydrogen) atoms. The minimum Gasteiger partial charge on any atom is -0.468 e. The van der Waals surface area contributed by atoms with E-state index >= 15 is 4.39 Å². The first-order chi connectivity index (χ1) is 18.6. The van der Waals surface area contributed by atoms with Gasteiger partial charge < -0.3 is 15.0 Å². The van der Waals surface area contributed by atoms with Crippen molar-refractivity contribution in [3.05, 3.63) is 52.7 Å². The van der Waals surface area contributed by atoms with Gasteiger partial charge in [0.1, 0.15) is 5.67 Å². The maximum atomic E-state index is 15.7. The number of hydrogen-bond acceptors (Lipinski definition) is 5. The van der Waals surface area contributed by atoms with Crippen LogP contribution >= 0.6 is 0 Å². The molecule has 0 saturated heterocycles. The molecule has 0 unspecified atom stereocenters. The van der Waals surface area contributed by atoms with Crippen molar-refractivity contribution in [1.29, 1.82) is 0 Å². The molecule has 0 radical (unpaired) electrons. The second-order valence-electron chi connectivity index (χ2n) is 11.0. The Labute approximate surface area is 225 Å². The highest BCUT2D eigenvalue weighted by Crippen LogP contribution is 2.40. The second-order valence-corrected chi connectivity index (χ2v) is 11.0. The summed E-state index contributed by atoms with van der Waals surface area (Å²) in [7, 11) is 0. The number of fused-ring (bicyclic) bond motifs is 2. The van der Waals surface area contributed by atoms with Crippen LogP contribution in [0.3, 0.4) is 0 Å². The van der Waals surface area contributed by atoms with Gasteiger partial charge in [0, 0.05) is 49.8 Å². The number of ether oxygens (including phenoxy) is 1. The lowest BCUT2D eigenvalue weighted by molar-refractivity contribution is -0.154. The number of halogens is 4. The molecule has 1 saturated carbocycles. The quantitative estimate of drug-likeness (QED) is 0.350. The van der Waals surface area contributed by atoms with Crippen molar-refractivity contribution in [2.45, 2.75) is 69.6 Å². The molecule has 0 spiro atoms. The Morgan fingerprint density at radius 1 is 1.10 bits per heavy atom. The number of anilines is 1. The van der Waals surface area contributed by atoms with E-state index in [-0.39, 0.29) is 23.5 Å². The zero-order valence-corrected chi connectivity index (χ0v) is 21.8. The Balaban J connectivity index is 1.08. The van der Waals surface area contributed by atoms with Crippen LogP contribution in [0.5, 0.6) is 5.88 Å². The number of aromatic nitrogens is 1. The summed E-state index contributed by atoms with van der Waals surface area (Å²) in [6, 6.07) is 8.65. The van der Waals surface area contributed by atoms with E-state index in [4.69, 9.17) is 4.74 Å². The van der Waals surface area contributed by atoms with E-state index in [2.05, 4.69) is 15.2 Å². The van der Waals surface area contributed by atoms with Crippen molar-refractivity contribution in [2.24, 2.45) is 5.92 Å². The zero-order valence-electron chi connectivity index (χ0n) is 21.8. The van der Waals surface area contributed by atoms with Crippen molar-refractivity contribution < 1.29 is 31.9 Å². The molecule has 6 nitrogen and oxygen atoms in total. The number of benzene rings is 1. The van der Waals surface area contributed by atoms with E-state index < -0.39 is 18.5 Å². The van der Waals surface area contributed by atoms with Gasteiger partial charge >= 0.3 is 6.18 Å². The fourth-order valence-electron chi connectivity index (χ4n) is 5.93. The van der Waals surface area contributed by atoms with Crippen LogP contribution in [0.2, 0.25) is 0 Å². The number of alkyl halides is 4. The van der Waals surface area contributed by atoms with E-state index in [9.17, 15) is 22.8 Å². The number of carbonyl (C=O) groups is 2. The van der Waals surface area contributed by atoms with E-state index in [1.165, 1.54) is 6.07 Å². The number of Topliss-reactive ketones (excluding diaryl/α,β-unsaturated/α-hetero) is 1. The third-order valence-corrected chi connectivity index (χ3v) is 8.21. The molecule has 210 valence electrons. The highest BCUT2D eigenvalue weighted by molar-refractivity contribution is 6.09. The molecule has 10 heteroatoms. The molecule has 0 atom stereocenters. The van der Waals surface area contributed by atoms with Gasteiger partial charge in [-0.15, -0.1) is 0 Å². The zero-order chi connectivity index (χ0) is 27.6. The number of carbonyl (C=O) groups excluding carboxylic acids is 2. The number of rotatable bonds is 8. The van der Waals surface area contributed by atoms with Crippen LogP contribution in [0.1, 0.15) is 65.7 Å². The second kappa shape index (κ2) is 11.2. The lowest BCUT2D eigenvalue weighted by atomic mass is 9.76. The Hall–Kier alpha value is -3.01. The Kier molecular flexibility index (Phi) is 7.94. The SMILES string of the molecule is O=C1Cc2cccc(C(=O)CC3CCC(F)(CCN4CCc5ccc(OCC(F)(F)F)nc5CC4)CC3)c2N1. The highest BCUT2D eigenvalue weighted by Gasteiger charge is 2.37. The van der Waals surface area contributed by atoms with Gasteiger partial charge in [-0.05, 0) is 61.6 Å². The van der Waals surface area contributed by atoms with Crippen LogP contribution in [-0.2, 0) is 24.1 Å². The normalized spacial score (nSPS) is 23.5. The Morgan fingerprint density at radius 2 is 1.87 bits per heavy atom. The van der Waals surface area contributed by atoms with E-state index in [1.54, 1.807) is 18.2 Å². The maximum absolute atomic E-state index is 15.7. The van der Waals surface area contributed by atoms with Crippen LogP contribution in [0.15, 0.2) is 30.3 Å². The lowest BCUT2D eigenvalue weighted by Gasteiger charge is -2.35. The fourth-order valence-corrected chi connectivity index (χ4v) is 5.93. The largest absolute Gasteiger partial charge is 0.468 e. The number of nitrogens with one attached hydrogen (secondary N) is 1. The Bertz CT molecular complexity index is 1220. The predicted octanol–water partition coefficient (Wildman–Crippen LogP) is 5.48. The van der Waals surface area contributed by atoms with Gasteiger partial charge in [-0.25, -0.2) is 9.37 Å². The number of hydrogen-bond donors (Lipinski definition) is 1. The summed E-state index contributed by atoms with van der Waals surface area (Å²) in [5.74, 6) is -0.00905. The summed E-state index contributed by atoms with van der Waals surface area (Å²) in [5, 5.41) is 2.79. The van der Waals surface area contributed by atoms with Crippen molar-refractivity contribution in [1.82, 2.24) is 9.88 Å². The summed E-state index contributed by atoms with van der Waals surface area (Å²) in [6.45, 7) is 0.628. The topological polar surface area (TPSA) is 71.5 Å². The monoisotopic (exact) mass is 547 g/mol. The molecular formula is C29H33F4N3O3. The molecule has 1 fully saturated rings. The van der Waals surface area contributed by atoms with Gasteiger partial charge in [0.05, 0.1) is 12.1 Å². The van der Waals surface area contributed by atoms with Gasteiger partial charge in [0.25, 0.3) is 0 Å². The van der Waals surface area contributed by atoms with Gasteiger partial charge in [-0.2, -0.15) is 13.2 Å². The van der Waals surface area contributed by atoms with Crippen molar-refractivity contribution in [3.8, 4) is 5.88 Å². The van der Waals surface area contributed by atoms with Crippen LogP contribution in [-0.4, -0.2) is 59.7 Å². The summed E-state index contributed by atoms with van der Waals surface area (Å²) in [4.78, 5) is 31.2. The molecule has 1 N–H and O–H groups in total. The first-order valence-electron chi connectivity index (χ1n) is 13.6. The maximum Gasteiger partial charge on any atom is 0.422 e. The first-order valence-corrected chi connectivity index (χ1v) is 13.6. The molecule has 2 aliphatic heterocycles. The predicted molar refractivity (Wildman–Crippen MR) is 138 cm³/mol. The first kappa shape index (κ1) is 27.6. The van der Waals surface area contributed by atoms with Crippen LogP contribution in [0.25, 0.3) is 0 Å². The van der Waals surface area contributed by atoms with Crippen LogP contribution in [0, 0.1) is 5.92 Å². The molecule has 1 aliphatic carbocycles. The van der Waals surface area contributed by atoms with Gasteiger partial charge in [0.15, 0.2) is 12.4 Å². The summed E-state index contributed by atoms with van der Waals surface area (Å²) in [6.07, 6.45) is 0.0723. The summed E-state index contributed by atoms with van der Waals surface area (Å²) < 4.78 is 57.8. The van der Waals surface area contributed by atoms with E-state index in [0.29, 0.717) is 82.1 Å². The molecule has 1 aromatic carbocycles. The smallest absolute Gasteiger partial charge is 0.422 e. The minimum absolute atomic E-state index is 0.00452. The standard InChI is InChI=1S/C29H33F4N3O3/c30-28(10-6-19(7-11-28)16-24(37)22-3-1-2-21-17-25(38)35-27(21)22)12-15-36-13-8-20-4-5-26(34-23(20)9-14-36)39-18-29(31,32)33/h1-5,19H,6-18H2,(H,35,38). The molecule has 1 amide bonds. The molecular weight excluding hydrogens is 514 g/mol. The molecule has 0 bridgehead atoms. The lowest BCUT2D eigenvalue weighted by Crippen LogP contribution is -2.36. The average Bonchev–Trinajstić information content (AvgIpc) is 3.16. The molecule has 3 aliphatic rings. The molecule has 3 heterocycles. The molecule has 1 aromatic heterocycles. The Morgan fingerprint density at radius 3 is 2.64 bits per heavy atom. The number of pyridine rings is 1. The third kappa shape index (κ3) is 6.96. The fraction of sp³-hybridized carbons (Fsp3) is 0.552. The van der Waals surface area contributed by atoms with E-state index in [0.717, 1.165) is 23.4 Å². The summed E-state index contributed by atoms with van der Waals surface area (Å²) >= 11 is 0. The average molecular weight is 548 g/mol. The van der Waals surface area contributed by atoms with Crippen molar-refractivity contribution in [3.63, 3.8) is 0 Å². The van der Waals surface area contributed by atoms with Gasteiger partial charge in [-0.3, -0.25) is 9.59 Å². The molecule has 2 aromatic rings. The third-order valence-electron chi connectivity index (χ3n) is 8.21. The highest BCUT2D eigenvalue weighted by atomic mass is 19.4. The van der Waals surface area contributed by atoms with Crippen LogP contribution in [0.4, 0.5) is 23.2 Å². The number of ketones is 1. The van der Waals surface area contributed by atoms with Crippen LogP contribution < -0.4 is 10.1 Å². The minimum atomic E-state index is -4.41. The number of para-hydroxylation sites is 1. The van der Waals surface area contributed by atoms with Gasteiger partial charge in [0.2, 0.25) is 11.8 Å². The summed E-state index contributed by atoms with van der Waals surface area (Å²) in [5.41, 5.74) is 2.48. The van der Waals surface area contributed by atoms with Crippen molar-refractivity contribution in [2.75, 3.05) is 31.6 Å². The molecule has 5 rings (SSSR count). The number of amides is 1.